The highest BCUT2D eigenvalue weighted by Gasteiger charge is 2.16. The fraction of sp³-hybridized carbons (Fsp3) is 0.278. The molecule has 0 spiro atoms. The molecule has 0 fully saturated rings. The number of ketones is 1. The van der Waals surface area contributed by atoms with Crippen LogP contribution in [0.2, 0.25) is 0 Å². The minimum atomic E-state index is -0.821. The summed E-state index contributed by atoms with van der Waals surface area (Å²) < 4.78 is 27.0. The quantitative estimate of drug-likeness (QED) is 0.719. The molecule has 110 valence electrons. The number of carbonyl (C=O) groups is 1. The Labute approximate surface area is 123 Å². The van der Waals surface area contributed by atoms with E-state index in [1.807, 2.05) is 12.1 Å². The van der Waals surface area contributed by atoms with Crippen LogP contribution in [0.25, 0.3) is 0 Å². The highest BCUT2D eigenvalue weighted by molar-refractivity contribution is 6.09. The van der Waals surface area contributed by atoms with Crippen LogP contribution in [-0.2, 0) is 6.42 Å². The monoisotopic (exact) mass is 288 g/mol. The zero-order valence-corrected chi connectivity index (χ0v) is 12.2. The molecule has 21 heavy (non-hydrogen) atoms. The maximum absolute atomic E-state index is 13.8. The second kappa shape index (κ2) is 6.61. The average Bonchev–Trinajstić information content (AvgIpc) is 2.48. The zero-order valence-electron chi connectivity index (χ0n) is 12.2. The van der Waals surface area contributed by atoms with Crippen LogP contribution in [0.3, 0.4) is 0 Å². The Bertz CT molecular complexity index is 645. The maximum atomic E-state index is 13.8. The van der Waals surface area contributed by atoms with Crippen molar-refractivity contribution < 1.29 is 13.6 Å². The topological polar surface area (TPSA) is 17.1 Å². The fourth-order valence-electron chi connectivity index (χ4n) is 2.19. The Balaban J connectivity index is 2.26. The number of hydrogen-bond donors (Lipinski definition) is 0. The Morgan fingerprint density at radius 1 is 1.05 bits per heavy atom. The zero-order chi connectivity index (χ0) is 15.4. The predicted molar refractivity (Wildman–Crippen MR) is 79.6 cm³/mol. The molecule has 0 atom stereocenters. The van der Waals surface area contributed by atoms with Crippen molar-refractivity contribution >= 4 is 5.78 Å². The molecule has 0 saturated carbocycles. The summed E-state index contributed by atoms with van der Waals surface area (Å²) in [5.74, 6) is -1.88. The molecule has 1 nitrogen and oxygen atoms in total. The van der Waals surface area contributed by atoms with Crippen LogP contribution in [0, 0.1) is 18.6 Å². The lowest BCUT2D eigenvalue weighted by Crippen LogP contribution is -2.06. The molecule has 0 amide bonds. The highest BCUT2D eigenvalue weighted by Crippen LogP contribution is 2.18. The largest absolute Gasteiger partial charge is 0.288 e. The van der Waals surface area contributed by atoms with Gasteiger partial charge in [0, 0.05) is 11.6 Å². The van der Waals surface area contributed by atoms with Crippen LogP contribution >= 0.6 is 0 Å². The van der Waals surface area contributed by atoms with Gasteiger partial charge in [-0.05, 0) is 37.0 Å². The number of halogens is 2. The van der Waals surface area contributed by atoms with Gasteiger partial charge in [0.2, 0.25) is 0 Å². The van der Waals surface area contributed by atoms with Gasteiger partial charge in [0.15, 0.2) is 5.78 Å². The molecule has 0 heterocycles. The molecule has 0 saturated heterocycles. The second-order valence-corrected chi connectivity index (χ2v) is 5.21. The van der Waals surface area contributed by atoms with Gasteiger partial charge in [0.25, 0.3) is 0 Å². The molecule has 0 radical (unpaired) electrons. The van der Waals surface area contributed by atoms with E-state index in [1.54, 1.807) is 12.1 Å². The lowest BCUT2D eigenvalue weighted by molar-refractivity contribution is 0.103. The number of benzene rings is 2. The number of aryl methyl sites for hydroxylation is 2. The summed E-state index contributed by atoms with van der Waals surface area (Å²) in [5.41, 5.74) is 1.75. The third-order valence-electron chi connectivity index (χ3n) is 3.53. The van der Waals surface area contributed by atoms with E-state index in [1.165, 1.54) is 13.0 Å². The standard InChI is InChI=1S/C18H18F2O/c1-3-4-5-13-6-8-14(9-7-13)18(21)15-10-12(2)16(19)11-17(15)20/h6-11H,3-5H2,1-2H3. The van der Waals surface area contributed by atoms with Gasteiger partial charge in [-0.2, -0.15) is 0 Å². The molecule has 2 aromatic carbocycles. The minimum Gasteiger partial charge on any atom is -0.288 e. The van der Waals surface area contributed by atoms with E-state index in [4.69, 9.17) is 0 Å². The second-order valence-electron chi connectivity index (χ2n) is 5.21. The molecule has 0 aliphatic heterocycles. The van der Waals surface area contributed by atoms with Gasteiger partial charge >= 0.3 is 0 Å². The van der Waals surface area contributed by atoms with Crippen LogP contribution in [0.15, 0.2) is 36.4 Å². The molecule has 3 heteroatoms. The van der Waals surface area contributed by atoms with Gasteiger partial charge < -0.3 is 0 Å². The van der Waals surface area contributed by atoms with Crippen molar-refractivity contribution in [2.45, 2.75) is 33.1 Å². The first-order valence-corrected chi connectivity index (χ1v) is 7.12. The summed E-state index contributed by atoms with van der Waals surface area (Å²) >= 11 is 0. The Kier molecular flexibility index (Phi) is 4.84. The van der Waals surface area contributed by atoms with Crippen molar-refractivity contribution in [3.63, 3.8) is 0 Å². The van der Waals surface area contributed by atoms with E-state index in [0.717, 1.165) is 30.9 Å². The Morgan fingerprint density at radius 3 is 2.33 bits per heavy atom. The van der Waals surface area contributed by atoms with E-state index < -0.39 is 17.4 Å². The average molecular weight is 288 g/mol. The summed E-state index contributed by atoms with van der Waals surface area (Å²) in [6.07, 6.45) is 3.18. The number of rotatable bonds is 5. The molecule has 0 bridgehead atoms. The highest BCUT2D eigenvalue weighted by atomic mass is 19.1. The van der Waals surface area contributed by atoms with Crippen molar-refractivity contribution in [1.82, 2.24) is 0 Å². The molecule has 0 aliphatic rings. The van der Waals surface area contributed by atoms with Crippen molar-refractivity contribution in [1.29, 1.82) is 0 Å². The summed E-state index contributed by atoms with van der Waals surface area (Å²) in [6.45, 7) is 3.64. The SMILES string of the molecule is CCCCc1ccc(C(=O)c2cc(C)c(F)cc2F)cc1. The molecular formula is C18H18F2O. The molecule has 0 aliphatic carbocycles. The predicted octanol–water partition coefficient (Wildman–Crippen LogP) is 4.85. The van der Waals surface area contributed by atoms with Gasteiger partial charge in [0.1, 0.15) is 11.6 Å². The van der Waals surface area contributed by atoms with E-state index in [2.05, 4.69) is 6.92 Å². The summed E-state index contributed by atoms with van der Waals surface area (Å²) in [5, 5.41) is 0. The van der Waals surface area contributed by atoms with Gasteiger partial charge in [-0.25, -0.2) is 8.78 Å². The van der Waals surface area contributed by atoms with Crippen LogP contribution in [0.1, 0.15) is 46.8 Å². The first-order chi connectivity index (χ1) is 10.0. The van der Waals surface area contributed by atoms with Crippen molar-refractivity contribution in [2.24, 2.45) is 0 Å². The summed E-state index contributed by atoms with van der Waals surface area (Å²) in [7, 11) is 0. The van der Waals surface area contributed by atoms with E-state index in [-0.39, 0.29) is 11.1 Å². The first kappa shape index (κ1) is 15.4. The first-order valence-electron chi connectivity index (χ1n) is 7.12. The molecule has 0 unspecified atom stereocenters. The molecule has 2 aromatic rings. The van der Waals surface area contributed by atoms with Crippen LogP contribution in [0.4, 0.5) is 8.78 Å². The van der Waals surface area contributed by atoms with E-state index in [9.17, 15) is 13.6 Å². The maximum Gasteiger partial charge on any atom is 0.195 e. The van der Waals surface area contributed by atoms with E-state index >= 15 is 0 Å². The Morgan fingerprint density at radius 2 is 1.71 bits per heavy atom. The normalized spacial score (nSPS) is 10.7. The molecular weight excluding hydrogens is 270 g/mol. The summed E-state index contributed by atoms with van der Waals surface area (Å²) in [6, 6.07) is 9.20. The third kappa shape index (κ3) is 3.54. The molecule has 0 aromatic heterocycles. The number of hydrogen-bond acceptors (Lipinski definition) is 1. The minimum absolute atomic E-state index is 0.0878. The fourth-order valence-corrected chi connectivity index (χ4v) is 2.19. The smallest absolute Gasteiger partial charge is 0.195 e. The summed E-state index contributed by atoms with van der Waals surface area (Å²) in [4.78, 5) is 12.3. The number of unbranched alkanes of at least 4 members (excludes halogenated alkanes) is 1. The van der Waals surface area contributed by atoms with Crippen LogP contribution in [-0.4, -0.2) is 5.78 Å². The lowest BCUT2D eigenvalue weighted by Gasteiger charge is -2.06. The lowest BCUT2D eigenvalue weighted by atomic mass is 9.99. The van der Waals surface area contributed by atoms with Crippen molar-refractivity contribution in [3.8, 4) is 0 Å². The molecule has 2 rings (SSSR count). The van der Waals surface area contributed by atoms with Crippen LogP contribution < -0.4 is 0 Å². The van der Waals surface area contributed by atoms with Crippen molar-refractivity contribution in [2.75, 3.05) is 0 Å². The van der Waals surface area contributed by atoms with Crippen LogP contribution in [0.5, 0.6) is 0 Å². The van der Waals surface area contributed by atoms with Gasteiger partial charge in [-0.15, -0.1) is 0 Å². The Hall–Kier alpha value is -2.03. The van der Waals surface area contributed by atoms with Crippen molar-refractivity contribution in [3.05, 3.63) is 70.3 Å². The van der Waals surface area contributed by atoms with Gasteiger partial charge in [0.05, 0.1) is 5.56 Å². The molecule has 0 N–H and O–H groups in total. The third-order valence-corrected chi connectivity index (χ3v) is 3.53. The van der Waals surface area contributed by atoms with Gasteiger partial charge in [-0.3, -0.25) is 4.79 Å². The number of carbonyl (C=O) groups excluding carboxylic acids is 1. The van der Waals surface area contributed by atoms with E-state index in [0.29, 0.717) is 5.56 Å². The van der Waals surface area contributed by atoms with Gasteiger partial charge in [-0.1, -0.05) is 37.6 Å².